The highest BCUT2D eigenvalue weighted by Gasteiger charge is 2.25. The highest BCUT2D eigenvalue weighted by Crippen LogP contribution is 2.08. The zero-order valence-corrected chi connectivity index (χ0v) is 13.5. The summed E-state index contributed by atoms with van der Waals surface area (Å²) in [7, 11) is 2.91. The molecular weight excluding hydrogens is 284 g/mol. The lowest BCUT2D eigenvalue weighted by Gasteiger charge is -2.23. The van der Waals surface area contributed by atoms with Gasteiger partial charge in [-0.25, -0.2) is 9.86 Å². The fraction of sp³-hybridized carbons (Fsp3) is 0.500. The number of hydrogen-bond acceptors (Lipinski definition) is 4. The average molecular weight is 308 g/mol. The first-order valence-corrected chi connectivity index (χ1v) is 7.23. The van der Waals surface area contributed by atoms with Crippen LogP contribution in [-0.4, -0.2) is 37.3 Å². The lowest BCUT2D eigenvalue weighted by atomic mass is 10.0. The van der Waals surface area contributed by atoms with Crippen molar-refractivity contribution < 1.29 is 19.2 Å². The summed E-state index contributed by atoms with van der Waals surface area (Å²) in [6.45, 7) is 4.11. The number of likely N-dealkylation sites (N-methyl/N-ethyl adjacent to an activating group) is 1. The number of ether oxygens (including phenoxy) is 1. The van der Waals surface area contributed by atoms with E-state index in [-0.39, 0.29) is 18.4 Å². The van der Waals surface area contributed by atoms with Gasteiger partial charge in [0.2, 0.25) is 0 Å². The van der Waals surface area contributed by atoms with Crippen LogP contribution >= 0.6 is 0 Å². The minimum atomic E-state index is -0.673. The van der Waals surface area contributed by atoms with Crippen LogP contribution in [-0.2, 0) is 21.0 Å². The molecule has 1 aromatic rings. The summed E-state index contributed by atoms with van der Waals surface area (Å²) < 4.78 is 5.14. The second kappa shape index (κ2) is 9.04. The van der Waals surface area contributed by atoms with E-state index < -0.39 is 12.1 Å². The van der Waals surface area contributed by atoms with Crippen LogP contribution in [0.15, 0.2) is 30.3 Å². The van der Waals surface area contributed by atoms with Crippen LogP contribution in [0.2, 0.25) is 0 Å². The molecule has 122 valence electrons. The van der Waals surface area contributed by atoms with Gasteiger partial charge in [0.05, 0.1) is 7.11 Å². The Balaban J connectivity index is 2.57. The van der Waals surface area contributed by atoms with Gasteiger partial charge in [0.25, 0.3) is 5.91 Å². The van der Waals surface area contributed by atoms with Gasteiger partial charge < -0.3 is 10.1 Å². The summed E-state index contributed by atoms with van der Waals surface area (Å²) >= 11 is 0. The van der Waals surface area contributed by atoms with Crippen molar-refractivity contribution in [2.75, 3.05) is 14.2 Å². The van der Waals surface area contributed by atoms with E-state index in [1.54, 1.807) is 0 Å². The Morgan fingerprint density at radius 3 is 2.41 bits per heavy atom. The molecule has 0 fully saturated rings. The molecule has 0 aliphatic carbocycles. The van der Waals surface area contributed by atoms with Crippen molar-refractivity contribution in [2.24, 2.45) is 5.92 Å². The van der Waals surface area contributed by atoms with Crippen LogP contribution in [0.3, 0.4) is 0 Å². The monoisotopic (exact) mass is 308 g/mol. The third-order valence-corrected chi connectivity index (χ3v) is 3.09. The van der Waals surface area contributed by atoms with Crippen LogP contribution in [0.4, 0.5) is 4.79 Å². The maximum absolute atomic E-state index is 12.2. The second-order valence-corrected chi connectivity index (χ2v) is 5.41. The van der Waals surface area contributed by atoms with Crippen LogP contribution in [0.1, 0.15) is 25.8 Å². The van der Waals surface area contributed by atoms with Gasteiger partial charge in [0, 0.05) is 7.05 Å². The molecule has 0 saturated heterocycles. The number of carbonyl (C=O) groups excluding carboxylic acids is 2. The molecule has 0 unspecified atom stereocenters. The Hall–Kier alpha value is -2.08. The maximum atomic E-state index is 12.2. The molecule has 0 aromatic heterocycles. The molecule has 0 bridgehead atoms. The summed E-state index contributed by atoms with van der Waals surface area (Å²) in [6.07, 6.45) is -0.111. The summed E-state index contributed by atoms with van der Waals surface area (Å²) in [5.74, 6) is -0.0681. The van der Waals surface area contributed by atoms with Gasteiger partial charge in [-0.2, -0.15) is 0 Å². The van der Waals surface area contributed by atoms with Gasteiger partial charge in [0.15, 0.2) is 0 Å². The number of rotatable bonds is 7. The Labute approximate surface area is 131 Å². The molecule has 1 N–H and O–H groups in total. The zero-order chi connectivity index (χ0) is 16.5. The van der Waals surface area contributed by atoms with Crippen LogP contribution in [0.25, 0.3) is 0 Å². The summed E-state index contributed by atoms with van der Waals surface area (Å²) in [6, 6.07) is 8.69. The molecule has 1 rings (SSSR count). The fourth-order valence-corrected chi connectivity index (χ4v) is 1.91. The van der Waals surface area contributed by atoms with Gasteiger partial charge in [-0.3, -0.25) is 9.63 Å². The number of amides is 2. The molecule has 0 aliphatic heterocycles. The molecule has 0 heterocycles. The van der Waals surface area contributed by atoms with Crippen molar-refractivity contribution >= 4 is 12.0 Å². The molecule has 0 saturated carbocycles. The van der Waals surface area contributed by atoms with Crippen LogP contribution < -0.4 is 5.32 Å². The highest BCUT2D eigenvalue weighted by molar-refractivity contribution is 5.84. The van der Waals surface area contributed by atoms with Gasteiger partial charge in [0.1, 0.15) is 12.6 Å². The third-order valence-electron chi connectivity index (χ3n) is 3.09. The molecule has 6 heteroatoms. The Morgan fingerprint density at radius 2 is 1.86 bits per heavy atom. The summed E-state index contributed by atoms with van der Waals surface area (Å²) in [4.78, 5) is 28.9. The van der Waals surface area contributed by atoms with E-state index in [1.807, 2.05) is 44.2 Å². The van der Waals surface area contributed by atoms with Crippen molar-refractivity contribution in [1.29, 1.82) is 0 Å². The van der Waals surface area contributed by atoms with E-state index in [1.165, 1.54) is 14.2 Å². The predicted molar refractivity (Wildman–Crippen MR) is 82.8 cm³/mol. The Morgan fingerprint density at radius 1 is 1.23 bits per heavy atom. The van der Waals surface area contributed by atoms with Gasteiger partial charge >= 0.3 is 6.09 Å². The number of hydroxylamine groups is 2. The summed E-state index contributed by atoms with van der Waals surface area (Å²) in [5.41, 5.74) is 0.887. The van der Waals surface area contributed by atoms with E-state index in [2.05, 4.69) is 5.32 Å². The fourth-order valence-electron chi connectivity index (χ4n) is 1.91. The van der Waals surface area contributed by atoms with E-state index >= 15 is 0 Å². The number of benzene rings is 1. The number of carbonyl (C=O) groups is 2. The normalized spacial score (nSPS) is 11.9. The molecule has 22 heavy (non-hydrogen) atoms. The molecule has 6 nitrogen and oxygen atoms in total. The minimum Gasteiger partial charge on any atom is -0.445 e. The molecule has 1 aromatic carbocycles. The van der Waals surface area contributed by atoms with Crippen molar-refractivity contribution in [3.8, 4) is 0 Å². The predicted octanol–water partition coefficient (Wildman–Crippen LogP) is 2.35. The first kappa shape index (κ1) is 18.0. The molecular formula is C16H24N2O4. The lowest BCUT2D eigenvalue weighted by Crippen LogP contribution is -2.47. The smallest absolute Gasteiger partial charge is 0.408 e. The minimum absolute atomic E-state index is 0.162. The number of alkyl carbamates (subject to hydrolysis) is 1. The number of nitrogens with one attached hydrogen (secondary N) is 1. The second-order valence-electron chi connectivity index (χ2n) is 5.41. The van der Waals surface area contributed by atoms with Crippen molar-refractivity contribution in [2.45, 2.75) is 32.9 Å². The quantitative estimate of drug-likeness (QED) is 0.785. The molecule has 1 atom stereocenters. The maximum Gasteiger partial charge on any atom is 0.408 e. The first-order chi connectivity index (χ1) is 10.4. The van der Waals surface area contributed by atoms with Gasteiger partial charge in [-0.1, -0.05) is 44.2 Å². The Bertz CT molecular complexity index is 476. The number of hydrogen-bond donors (Lipinski definition) is 1. The first-order valence-electron chi connectivity index (χ1n) is 7.23. The van der Waals surface area contributed by atoms with Crippen LogP contribution in [0, 0.1) is 5.92 Å². The highest BCUT2D eigenvalue weighted by atomic mass is 16.7. The molecule has 0 spiro atoms. The van der Waals surface area contributed by atoms with Crippen LogP contribution in [0.5, 0.6) is 0 Å². The van der Waals surface area contributed by atoms with E-state index in [0.717, 1.165) is 10.6 Å². The topological polar surface area (TPSA) is 67.9 Å². The standard InChI is InChI=1S/C16H24N2O4/c1-12(2)10-14(15(19)18(3)21-4)17-16(20)22-11-13-8-6-5-7-9-13/h5-9,12,14H,10-11H2,1-4H3,(H,17,20)/t14-/m0/s1. The van der Waals surface area contributed by atoms with E-state index in [0.29, 0.717) is 6.42 Å². The van der Waals surface area contributed by atoms with Crippen molar-refractivity contribution in [3.05, 3.63) is 35.9 Å². The van der Waals surface area contributed by atoms with Crippen molar-refractivity contribution in [1.82, 2.24) is 10.4 Å². The van der Waals surface area contributed by atoms with Gasteiger partial charge in [-0.05, 0) is 17.9 Å². The van der Waals surface area contributed by atoms with E-state index in [9.17, 15) is 9.59 Å². The third kappa shape index (κ3) is 6.13. The van der Waals surface area contributed by atoms with Gasteiger partial charge in [-0.15, -0.1) is 0 Å². The molecule has 2 amide bonds. The summed E-state index contributed by atoms with van der Waals surface area (Å²) in [5, 5.41) is 3.70. The lowest BCUT2D eigenvalue weighted by molar-refractivity contribution is -0.171. The van der Waals surface area contributed by atoms with Crippen molar-refractivity contribution in [3.63, 3.8) is 0 Å². The molecule has 0 aliphatic rings. The Kier molecular flexibility index (Phi) is 7.39. The largest absolute Gasteiger partial charge is 0.445 e. The SMILES string of the molecule is CON(C)C(=O)[C@H](CC(C)C)NC(=O)OCc1ccccc1. The average Bonchev–Trinajstić information content (AvgIpc) is 2.51. The molecule has 0 radical (unpaired) electrons. The zero-order valence-electron chi connectivity index (χ0n) is 13.5. The van der Waals surface area contributed by atoms with E-state index in [4.69, 9.17) is 9.57 Å². The number of nitrogens with zero attached hydrogens (tertiary/aromatic N) is 1.